The molecule has 1 heterocycles. The standard InChI is InChI=1S/C12H16ClNO2/c1-7(2)8(3)14-10-5-12-11(4-9(10)13)15-6-16-12/h4-5,7-8,14H,6H2,1-3H3. The Morgan fingerprint density at radius 2 is 1.81 bits per heavy atom. The van der Waals surface area contributed by atoms with E-state index in [0.29, 0.717) is 22.7 Å². The third-order valence-electron chi connectivity index (χ3n) is 2.85. The summed E-state index contributed by atoms with van der Waals surface area (Å²) >= 11 is 6.16. The van der Waals surface area contributed by atoms with Gasteiger partial charge in [-0.1, -0.05) is 25.4 Å². The Kier molecular flexibility index (Phi) is 3.15. The number of anilines is 1. The van der Waals surface area contributed by atoms with Crippen LogP contribution in [-0.2, 0) is 0 Å². The fourth-order valence-electron chi connectivity index (χ4n) is 1.44. The van der Waals surface area contributed by atoms with Gasteiger partial charge in [0.15, 0.2) is 11.5 Å². The van der Waals surface area contributed by atoms with Gasteiger partial charge in [-0.2, -0.15) is 0 Å². The van der Waals surface area contributed by atoms with Crippen LogP contribution in [0.2, 0.25) is 5.02 Å². The molecule has 0 saturated heterocycles. The molecule has 1 N–H and O–H groups in total. The molecule has 0 fully saturated rings. The number of rotatable bonds is 3. The maximum absolute atomic E-state index is 6.16. The van der Waals surface area contributed by atoms with E-state index < -0.39 is 0 Å². The molecule has 4 heteroatoms. The van der Waals surface area contributed by atoms with E-state index in [-0.39, 0.29) is 6.79 Å². The normalized spacial score (nSPS) is 15.3. The summed E-state index contributed by atoms with van der Waals surface area (Å²) in [7, 11) is 0. The largest absolute Gasteiger partial charge is 0.454 e. The highest BCUT2D eigenvalue weighted by atomic mass is 35.5. The lowest BCUT2D eigenvalue weighted by molar-refractivity contribution is 0.174. The summed E-state index contributed by atoms with van der Waals surface area (Å²) < 4.78 is 10.6. The van der Waals surface area contributed by atoms with Gasteiger partial charge in [0.2, 0.25) is 6.79 Å². The third-order valence-corrected chi connectivity index (χ3v) is 3.16. The van der Waals surface area contributed by atoms with Crippen LogP contribution < -0.4 is 14.8 Å². The van der Waals surface area contributed by atoms with Crippen LogP contribution >= 0.6 is 11.6 Å². The highest BCUT2D eigenvalue weighted by Gasteiger charge is 2.17. The van der Waals surface area contributed by atoms with E-state index in [1.54, 1.807) is 6.07 Å². The molecule has 0 aliphatic carbocycles. The van der Waals surface area contributed by atoms with E-state index >= 15 is 0 Å². The molecule has 1 aromatic carbocycles. The molecule has 0 aromatic heterocycles. The Bertz CT molecular complexity index is 393. The maximum Gasteiger partial charge on any atom is 0.231 e. The van der Waals surface area contributed by atoms with E-state index in [1.165, 1.54) is 0 Å². The van der Waals surface area contributed by atoms with Crippen LogP contribution in [-0.4, -0.2) is 12.8 Å². The van der Waals surface area contributed by atoms with Crippen LogP contribution in [0.4, 0.5) is 5.69 Å². The van der Waals surface area contributed by atoms with Crippen molar-refractivity contribution in [3.8, 4) is 11.5 Å². The number of fused-ring (bicyclic) bond motifs is 1. The first-order valence-corrected chi connectivity index (χ1v) is 5.81. The fraction of sp³-hybridized carbons (Fsp3) is 0.500. The first kappa shape index (κ1) is 11.4. The lowest BCUT2D eigenvalue weighted by Gasteiger charge is -2.19. The Morgan fingerprint density at radius 1 is 1.19 bits per heavy atom. The highest BCUT2D eigenvalue weighted by molar-refractivity contribution is 6.33. The first-order chi connectivity index (χ1) is 7.58. The van der Waals surface area contributed by atoms with Crippen molar-refractivity contribution in [3.05, 3.63) is 17.2 Å². The molecule has 1 unspecified atom stereocenters. The highest BCUT2D eigenvalue weighted by Crippen LogP contribution is 2.39. The molecular formula is C12H16ClNO2. The summed E-state index contributed by atoms with van der Waals surface area (Å²) in [6, 6.07) is 4.04. The summed E-state index contributed by atoms with van der Waals surface area (Å²) in [6.45, 7) is 6.73. The average molecular weight is 242 g/mol. The van der Waals surface area contributed by atoms with Crippen molar-refractivity contribution in [2.75, 3.05) is 12.1 Å². The maximum atomic E-state index is 6.16. The molecule has 1 aliphatic heterocycles. The predicted octanol–water partition coefficient (Wildman–Crippen LogP) is 3.53. The number of ether oxygens (including phenoxy) is 2. The van der Waals surface area contributed by atoms with Crippen LogP contribution in [0, 0.1) is 5.92 Å². The van der Waals surface area contributed by atoms with Crippen LogP contribution in [0.25, 0.3) is 0 Å². The number of benzene rings is 1. The number of hydrogen-bond acceptors (Lipinski definition) is 3. The third kappa shape index (κ3) is 2.19. The molecule has 3 nitrogen and oxygen atoms in total. The van der Waals surface area contributed by atoms with Crippen molar-refractivity contribution < 1.29 is 9.47 Å². The van der Waals surface area contributed by atoms with Gasteiger partial charge in [0.25, 0.3) is 0 Å². The summed E-state index contributed by atoms with van der Waals surface area (Å²) in [5.41, 5.74) is 0.895. The SMILES string of the molecule is CC(C)C(C)Nc1cc2c(cc1Cl)OCO2. The summed E-state index contributed by atoms with van der Waals surface area (Å²) in [5.74, 6) is 2.01. The van der Waals surface area contributed by atoms with Crippen molar-refractivity contribution >= 4 is 17.3 Å². The number of halogens is 1. The topological polar surface area (TPSA) is 30.5 Å². The molecule has 1 aromatic rings. The zero-order valence-corrected chi connectivity index (χ0v) is 10.5. The van der Waals surface area contributed by atoms with Gasteiger partial charge in [0.05, 0.1) is 10.7 Å². The smallest absolute Gasteiger partial charge is 0.231 e. The molecule has 0 amide bonds. The summed E-state index contributed by atoms with van der Waals surface area (Å²) in [5, 5.41) is 4.04. The second kappa shape index (κ2) is 4.42. The fourth-order valence-corrected chi connectivity index (χ4v) is 1.65. The van der Waals surface area contributed by atoms with Gasteiger partial charge in [0, 0.05) is 18.2 Å². The van der Waals surface area contributed by atoms with Crippen molar-refractivity contribution in [1.29, 1.82) is 0 Å². The second-order valence-electron chi connectivity index (χ2n) is 4.36. The van der Waals surface area contributed by atoms with Gasteiger partial charge in [-0.05, 0) is 12.8 Å². The van der Waals surface area contributed by atoms with Crippen molar-refractivity contribution in [1.82, 2.24) is 0 Å². The van der Waals surface area contributed by atoms with Gasteiger partial charge in [0.1, 0.15) is 0 Å². The van der Waals surface area contributed by atoms with Crippen LogP contribution in [0.15, 0.2) is 12.1 Å². The van der Waals surface area contributed by atoms with E-state index in [9.17, 15) is 0 Å². The predicted molar refractivity (Wildman–Crippen MR) is 65.5 cm³/mol. The number of nitrogens with one attached hydrogen (secondary N) is 1. The van der Waals surface area contributed by atoms with Crippen molar-refractivity contribution in [3.63, 3.8) is 0 Å². The molecule has 0 saturated carbocycles. The van der Waals surface area contributed by atoms with Crippen LogP contribution in [0.1, 0.15) is 20.8 Å². The first-order valence-electron chi connectivity index (χ1n) is 5.43. The molecular weight excluding hydrogens is 226 g/mol. The molecule has 0 spiro atoms. The van der Waals surface area contributed by atoms with Gasteiger partial charge in [-0.3, -0.25) is 0 Å². The van der Waals surface area contributed by atoms with Crippen molar-refractivity contribution in [2.45, 2.75) is 26.8 Å². The summed E-state index contributed by atoms with van der Waals surface area (Å²) in [6.07, 6.45) is 0. The Morgan fingerprint density at radius 3 is 2.44 bits per heavy atom. The molecule has 88 valence electrons. The second-order valence-corrected chi connectivity index (χ2v) is 4.77. The molecule has 2 rings (SSSR count). The van der Waals surface area contributed by atoms with E-state index in [0.717, 1.165) is 11.4 Å². The van der Waals surface area contributed by atoms with E-state index in [1.807, 2.05) is 6.07 Å². The Balaban J connectivity index is 2.21. The van der Waals surface area contributed by atoms with Gasteiger partial charge >= 0.3 is 0 Å². The lowest BCUT2D eigenvalue weighted by Crippen LogP contribution is -2.21. The zero-order valence-electron chi connectivity index (χ0n) is 9.71. The molecule has 0 bridgehead atoms. The zero-order chi connectivity index (χ0) is 11.7. The Labute approximate surface area is 101 Å². The number of hydrogen-bond donors (Lipinski definition) is 1. The summed E-state index contributed by atoms with van der Waals surface area (Å²) in [4.78, 5) is 0. The van der Waals surface area contributed by atoms with Crippen LogP contribution in [0.3, 0.4) is 0 Å². The van der Waals surface area contributed by atoms with Gasteiger partial charge < -0.3 is 14.8 Å². The average Bonchev–Trinajstić information content (AvgIpc) is 2.65. The van der Waals surface area contributed by atoms with Crippen LogP contribution in [0.5, 0.6) is 11.5 Å². The molecule has 0 radical (unpaired) electrons. The minimum absolute atomic E-state index is 0.273. The lowest BCUT2D eigenvalue weighted by atomic mass is 10.1. The Hall–Kier alpha value is -1.09. The molecule has 1 atom stereocenters. The van der Waals surface area contributed by atoms with Crippen molar-refractivity contribution in [2.24, 2.45) is 5.92 Å². The monoisotopic (exact) mass is 241 g/mol. The van der Waals surface area contributed by atoms with Gasteiger partial charge in [-0.15, -0.1) is 0 Å². The minimum atomic E-state index is 0.273. The quantitative estimate of drug-likeness (QED) is 0.878. The van der Waals surface area contributed by atoms with Gasteiger partial charge in [-0.25, -0.2) is 0 Å². The van der Waals surface area contributed by atoms with E-state index in [2.05, 4.69) is 26.1 Å². The molecule has 16 heavy (non-hydrogen) atoms. The molecule has 1 aliphatic rings. The minimum Gasteiger partial charge on any atom is -0.454 e. The van der Waals surface area contributed by atoms with E-state index in [4.69, 9.17) is 21.1 Å².